The third-order valence-corrected chi connectivity index (χ3v) is 14.3. The predicted molar refractivity (Wildman–Crippen MR) is 254 cm³/mol. The molecule has 5 atom stereocenters. The quantitative estimate of drug-likeness (QED) is 0.131. The Kier molecular flexibility index (Phi) is 13.4. The van der Waals surface area contributed by atoms with Crippen molar-refractivity contribution in [2.45, 2.75) is 111 Å². The number of carbonyl (C=O) groups is 5. The molecule has 0 radical (unpaired) electrons. The highest BCUT2D eigenvalue weighted by atomic mass is 16.5. The minimum atomic E-state index is -1.15. The summed E-state index contributed by atoms with van der Waals surface area (Å²) in [7, 11) is 1.67. The smallest absolute Gasteiger partial charge is 0.324 e. The number of methoxy groups -OCH3 is 1. The standard InChI is InChI=1S/C52H65N7O8/c1-9-43(61)56-21-17-52(29-56)18-22-58(50(52)65)45(31(3)4)47(62)54-41-25-33-23-35(26-36(60)24-33)34-15-16-42-38(27-34)39(46(57(42)10-2)37-13-11-19-53-44(37)32(5)66-8)28-51(6,7)30-67-49(64)40-14-12-20-59(55-40)48(41)63/h9,11,13,15-16,19,23-24,26-27,31-32,40-41,45,55,60H,1,10,12,14,17-18,20-22,25,28-30H2,2-8H3,(H,54,62)/t32-,40-,41-,45-,52+/m0/s1. The number of hydrogen-bond acceptors (Lipinski definition) is 10. The fourth-order valence-electron chi connectivity index (χ4n) is 10.8. The molecule has 6 bridgehead atoms. The second-order valence-corrected chi connectivity index (χ2v) is 20.0. The van der Waals surface area contributed by atoms with Crippen molar-refractivity contribution >= 4 is 40.5 Å². The van der Waals surface area contributed by atoms with Gasteiger partial charge in [-0.3, -0.25) is 34.0 Å². The van der Waals surface area contributed by atoms with Crippen molar-refractivity contribution in [3.05, 3.63) is 84.2 Å². The number of fused-ring (bicyclic) bond motifs is 6. The molecule has 0 aliphatic carbocycles. The Morgan fingerprint density at radius 1 is 1.06 bits per heavy atom. The van der Waals surface area contributed by atoms with Crippen molar-refractivity contribution < 1.29 is 38.6 Å². The van der Waals surface area contributed by atoms with Gasteiger partial charge in [0, 0.05) is 74.3 Å². The zero-order chi connectivity index (χ0) is 47.9. The summed E-state index contributed by atoms with van der Waals surface area (Å²) in [6.45, 7) is 17.7. The zero-order valence-electron chi connectivity index (χ0n) is 39.9. The molecule has 15 nitrogen and oxygen atoms in total. The summed E-state index contributed by atoms with van der Waals surface area (Å²) in [5.74, 6) is -2.16. The molecule has 4 amide bonds. The molecule has 3 N–H and O–H groups in total. The number of aromatic nitrogens is 2. The van der Waals surface area contributed by atoms with Crippen molar-refractivity contribution in [3.63, 3.8) is 0 Å². The molecule has 4 aliphatic rings. The number of phenols is 1. The molecular weight excluding hydrogens is 851 g/mol. The lowest BCUT2D eigenvalue weighted by molar-refractivity contribution is -0.155. The van der Waals surface area contributed by atoms with Crippen LogP contribution in [0.5, 0.6) is 5.75 Å². The number of cyclic esters (lactones) is 1. The van der Waals surface area contributed by atoms with E-state index in [-0.39, 0.29) is 55.7 Å². The minimum Gasteiger partial charge on any atom is -0.508 e. The number of ether oxygens (including phenoxy) is 2. The van der Waals surface area contributed by atoms with Crippen molar-refractivity contribution in [2.75, 3.05) is 39.9 Å². The molecule has 8 rings (SSSR count). The highest BCUT2D eigenvalue weighted by Gasteiger charge is 2.54. The van der Waals surface area contributed by atoms with Crippen molar-refractivity contribution in [1.29, 1.82) is 0 Å². The van der Waals surface area contributed by atoms with Gasteiger partial charge in [-0.25, -0.2) is 5.43 Å². The number of amides is 4. The van der Waals surface area contributed by atoms with E-state index in [1.54, 1.807) is 35.2 Å². The molecule has 356 valence electrons. The monoisotopic (exact) mass is 915 g/mol. The van der Waals surface area contributed by atoms with Gasteiger partial charge in [0.15, 0.2) is 0 Å². The van der Waals surface area contributed by atoms with Crippen LogP contribution in [0.2, 0.25) is 0 Å². The number of nitrogens with zero attached hydrogens (tertiary/aromatic N) is 5. The van der Waals surface area contributed by atoms with E-state index in [1.165, 1.54) is 11.1 Å². The van der Waals surface area contributed by atoms with E-state index in [4.69, 9.17) is 14.5 Å². The van der Waals surface area contributed by atoms with Crippen LogP contribution in [0.25, 0.3) is 33.3 Å². The summed E-state index contributed by atoms with van der Waals surface area (Å²) in [4.78, 5) is 78.3. The van der Waals surface area contributed by atoms with Crippen LogP contribution < -0.4 is 10.7 Å². The average Bonchev–Trinajstić information content (AvgIpc) is 3.99. The largest absolute Gasteiger partial charge is 0.508 e. The van der Waals surface area contributed by atoms with Crippen LogP contribution in [0.15, 0.2) is 67.4 Å². The highest BCUT2D eigenvalue weighted by Crippen LogP contribution is 2.44. The van der Waals surface area contributed by atoms with Crippen LogP contribution >= 0.6 is 0 Å². The number of hydrazine groups is 1. The summed E-state index contributed by atoms with van der Waals surface area (Å²) in [6, 6.07) is 12.6. The van der Waals surface area contributed by atoms with E-state index >= 15 is 0 Å². The number of esters is 1. The molecule has 6 heterocycles. The van der Waals surface area contributed by atoms with Crippen molar-refractivity contribution in [2.24, 2.45) is 16.7 Å². The lowest BCUT2D eigenvalue weighted by Crippen LogP contribution is -2.62. The summed E-state index contributed by atoms with van der Waals surface area (Å²) < 4.78 is 14.2. The van der Waals surface area contributed by atoms with E-state index in [0.29, 0.717) is 57.3 Å². The van der Waals surface area contributed by atoms with Crippen LogP contribution in [-0.4, -0.2) is 117 Å². The molecule has 3 fully saturated rings. The number of rotatable bonds is 9. The molecule has 0 saturated carbocycles. The number of aromatic hydroxyl groups is 1. The fourth-order valence-corrected chi connectivity index (χ4v) is 10.8. The first kappa shape index (κ1) is 47.4. The number of nitrogens with one attached hydrogen (secondary N) is 2. The number of likely N-dealkylation sites (tertiary alicyclic amines) is 2. The molecule has 67 heavy (non-hydrogen) atoms. The lowest BCUT2D eigenvalue weighted by atomic mass is 9.84. The molecule has 2 aromatic carbocycles. The van der Waals surface area contributed by atoms with Gasteiger partial charge in [0.1, 0.15) is 23.9 Å². The van der Waals surface area contributed by atoms with Crippen LogP contribution in [0.3, 0.4) is 0 Å². The maximum atomic E-state index is 14.8. The number of benzene rings is 2. The Balaban J connectivity index is 1.20. The predicted octanol–water partition coefficient (Wildman–Crippen LogP) is 6.11. The number of pyridine rings is 1. The fraction of sp³-hybridized carbons (Fsp3) is 0.500. The Morgan fingerprint density at radius 2 is 1.84 bits per heavy atom. The molecule has 0 unspecified atom stereocenters. The Morgan fingerprint density at radius 3 is 2.57 bits per heavy atom. The molecule has 1 spiro atoms. The van der Waals surface area contributed by atoms with Gasteiger partial charge < -0.3 is 34.3 Å². The van der Waals surface area contributed by atoms with Crippen LogP contribution in [0.4, 0.5) is 0 Å². The summed E-state index contributed by atoms with van der Waals surface area (Å²) in [5, 5.41) is 16.8. The van der Waals surface area contributed by atoms with Crippen LogP contribution in [0.1, 0.15) is 90.2 Å². The van der Waals surface area contributed by atoms with Crippen molar-refractivity contribution in [3.8, 4) is 28.1 Å². The van der Waals surface area contributed by atoms with E-state index in [1.807, 2.05) is 39.0 Å². The first-order valence-corrected chi connectivity index (χ1v) is 23.7. The van der Waals surface area contributed by atoms with Crippen molar-refractivity contribution in [1.82, 2.24) is 35.1 Å². The number of hydrogen-bond donors (Lipinski definition) is 3. The first-order chi connectivity index (χ1) is 32.0. The Hall–Kier alpha value is -6.06. The summed E-state index contributed by atoms with van der Waals surface area (Å²) in [5.41, 5.74) is 8.79. The van der Waals surface area contributed by atoms with Gasteiger partial charge in [-0.2, -0.15) is 0 Å². The van der Waals surface area contributed by atoms with Gasteiger partial charge in [-0.15, -0.1) is 0 Å². The number of carbonyl (C=O) groups excluding carboxylic acids is 5. The van der Waals surface area contributed by atoms with Gasteiger partial charge in [0.25, 0.3) is 5.91 Å². The molecule has 3 saturated heterocycles. The second kappa shape index (κ2) is 18.9. The molecule has 4 aromatic rings. The second-order valence-electron chi connectivity index (χ2n) is 20.0. The van der Waals surface area contributed by atoms with E-state index < -0.39 is 46.7 Å². The van der Waals surface area contributed by atoms with E-state index in [0.717, 1.165) is 44.5 Å². The highest BCUT2D eigenvalue weighted by molar-refractivity contribution is 5.97. The number of phenolic OH excluding ortho intramolecular Hbond substituents is 1. The summed E-state index contributed by atoms with van der Waals surface area (Å²) in [6.07, 6.45) is 5.24. The van der Waals surface area contributed by atoms with Crippen LogP contribution in [0, 0.1) is 16.7 Å². The molecular formula is C52H65N7O8. The van der Waals surface area contributed by atoms with Gasteiger partial charge in [-0.05, 0) is 117 Å². The topological polar surface area (TPSA) is 176 Å². The Labute approximate surface area is 392 Å². The minimum absolute atomic E-state index is 0.000101. The van der Waals surface area contributed by atoms with Gasteiger partial charge in [0.2, 0.25) is 17.7 Å². The lowest BCUT2D eigenvalue weighted by Gasteiger charge is -2.37. The van der Waals surface area contributed by atoms with Gasteiger partial charge in [0.05, 0.1) is 29.5 Å². The molecule has 4 aliphatic heterocycles. The maximum absolute atomic E-state index is 14.8. The van der Waals surface area contributed by atoms with Crippen LogP contribution in [-0.2, 0) is 52.8 Å². The maximum Gasteiger partial charge on any atom is 0.324 e. The molecule has 15 heteroatoms. The normalized spacial score (nSPS) is 23.1. The van der Waals surface area contributed by atoms with E-state index in [9.17, 15) is 29.1 Å². The van der Waals surface area contributed by atoms with E-state index in [2.05, 4.69) is 60.9 Å². The third kappa shape index (κ3) is 9.19. The Bertz CT molecular complexity index is 2600. The number of aryl methyl sites for hydroxylation is 1. The average molecular weight is 916 g/mol. The third-order valence-electron chi connectivity index (χ3n) is 14.3. The van der Waals surface area contributed by atoms with Gasteiger partial charge >= 0.3 is 5.97 Å². The van der Waals surface area contributed by atoms with Gasteiger partial charge in [-0.1, -0.05) is 46.4 Å². The first-order valence-electron chi connectivity index (χ1n) is 23.7. The SMILES string of the molecule is C=CC(=O)N1CC[C@@]2(CCN([C@H](C(=O)N[C@H]3Cc4cc(O)cc(c4)-c4ccc5c(c4)c(c(-c4cccnc4[C@H](C)OC)n5CC)CC(C)(C)COC(=O)[C@@H]4CCCN(N4)C3=O)C(C)C)C2=O)C1. The molecule has 2 aromatic heterocycles. The zero-order valence-corrected chi connectivity index (χ0v) is 39.9. The summed E-state index contributed by atoms with van der Waals surface area (Å²) >= 11 is 0.